The molecule has 10 rings (SSSR count). The Morgan fingerprint density at radius 1 is 0.655 bits per heavy atom. The van der Waals surface area contributed by atoms with Crippen molar-refractivity contribution < 1.29 is 13.9 Å². The Balaban J connectivity index is 1.07. The molecule has 0 spiro atoms. The van der Waals surface area contributed by atoms with E-state index in [0.29, 0.717) is 0 Å². The first-order valence-electron chi connectivity index (χ1n) is 19.1. The highest BCUT2D eigenvalue weighted by molar-refractivity contribution is 6.18. The van der Waals surface area contributed by atoms with Crippen LogP contribution in [0.2, 0.25) is 0 Å². The van der Waals surface area contributed by atoms with Gasteiger partial charge in [0.25, 0.3) is 0 Å². The molecule has 0 saturated carbocycles. The smallest absolute Gasteiger partial charge is 0.142 e. The van der Waals surface area contributed by atoms with Crippen molar-refractivity contribution >= 4 is 66.7 Å². The summed E-state index contributed by atoms with van der Waals surface area (Å²) in [7, 11) is 0. The molecule has 0 saturated heterocycles. The average Bonchev–Trinajstić information content (AvgIpc) is 3.89. The lowest BCUT2D eigenvalue weighted by Gasteiger charge is -2.39. The summed E-state index contributed by atoms with van der Waals surface area (Å²) >= 11 is 0. The first kappa shape index (κ1) is 32.8. The van der Waals surface area contributed by atoms with Crippen LogP contribution in [0, 0.1) is 0 Å². The fourth-order valence-electron chi connectivity index (χ4n) is 8.75. The van der Waals surface area contributed by atoms with Gasteiger partial charge in [0.15, 0.2) is 0 Å². The number of fused-ring (bicyclic) bond motifs is 6. The van der Waals surface area contributed by atoms with Crippen LogP contribution in [0.3, 0.4) is 0 Å². The summed E-state index contributed by atoms with van der Waals surface area (Å²) in [4.78, 5) is 2.50. The molecule has 2 aromatic heterocycles. The van der Waals surface area contributed by atoms with Crippen molar-refractivity contribution in [3.63, 3.8) is 0 Å². The van der Waals surface area contributed by atoms with Gasteiger partial charge in [0, 0.05) is 44.6 Å². The van der Waals surface area contributed by atoms with E-state index in [1.807, 2.05) is 37.3 Å². The van der Waals surface area contributed by atoms with Gasteiger partial charge in [-0.25, -0.2) is 0 Å². The van der Waals surface area contributed by atoms with E-state index in [2.05, 4.69) is 144 Å². The molecule has 1 aliphatic rings. The standard InChI is InChI=1S/C51H39NO3/c1-2-11-40-41-28-29-54-51(41)45(32-47(40)53)35-20-24-39(25-21-35)52(38-14-7-4-8-15-38)46-26-22-37(30-43(46)33-12-5-3-6-13-33)36-19-18-34-23-27-49-50(44(34)31-36)42-16-9-10-17-48(42)55-49/h2-21,23-25,27-32,37,46,53H,22,26H2,1H3/b11-2-. The van der Waals surface area contributed by atoms with Gasteiger partial charge in [-0.05, 0) is 107 Å². The fourth-order valence-corrected chi connectivity index (χ4v) is 8.75. The van der Waals surface area contributed by atoms with Gasteiger partial charge in [-0.1, -0.05) is 115 Å². The molecule has 1 aliphatic carbocycles. The lowest BCUT2D eigenvalue weighted by Crippen LogP contribution is -2.35. The molecule has 0 bridgehead atoms. The molecule has 2 unspecified atom stereocenters. The number of rotatable bonds is 7. The van der Waals surface area contributed by atoms with Crippen molar-refractivity contribution in [3.8, 4) is 16.9 Å². The highest BCUT2D eigenvalue weighted by Crippen LogP contribution is 2.45. The normalized spacial score (nSPS) is 16.1. The maximum atomic E-state index is 11.0. The number of allylic oxidation sites excluding steroid dienone is 2. The number of hydrogen-bond acceptors (Lipinski definition) is 4. The molecular weight excluding hydrogens is 675 g/mol. The second-order valence-corrected chi connectivity index (χ2v) is 14.5. The van der Waals surface area contributed by atoms with Crippen molar-refractivity contribution in [1.82, 2.24) is 0 Å². The lowest BCUT2D eigenvalue weighted by atomic mass is 9.79. The minimum atomic E-state index is 0.0952. The van der Waals surface area contributed by atoms with Crippen LogP contribution in [-0.4, -0.2) is 11.1 Å². The quantitative estimate of drug-likeness (QED) is 0.179. The summed E-state index contributed by atoms with van der Waals surface area (Å²) in [5, 5.41) is 16.7. The van der Waals surface area contributed by atoms with Gasteiger partial charge in [0.2, 0.25) is 0 Å². The molecule has 0 fully saturated rings. The molecule has 266 valence electrons. The molecule has 4 heteroatoms. The number of anilines is 2. The van der Waals surface area contributed by atoms with Crippen molar-refractivity contribution in [1.29, 1.82) is 0 Å². The summed E-state index contributed by atoms with van der Waals surface area (Å²) in [6.07, 6.45) is 10.0. The number of hydrogen-bond donors (Lipinski definition) is 1. The van der Waals surface area contributed by atoms with Crippen molar-refractivity contribution in [3.05, 3.63) is 187 Å². The molecule has 2 atom stereocenters. The van der Waals surface area contributed by atoms with Gasteiger partial charge < -0.3 is 18.8 Å². The van der Waals surface area contributed by atoms with Gasteiger partial charge in [-0.3, -0.25) is 0 Å². The van der Waals surface area contributed by atoms with E-state index in [1.165, 1.54) is 32.9 Å². The van der Waals surface area contributed by atoms with Gasteiger partial charge in [-0.15, -0.1) is 0 Å². The van der Waals surface area contributed by atoms with E-state index in [1.54, 1.807) is 6.26 Å². The van der Waals surface area contributed by atoms with Gasteiger partial charge in [-0.2, -0.15) is 0 Å². The third-order valence-electron chi connectivity index (χ3n) is 11.3. The summed E-state index contributed by atoms with van der Waals surface area (Å²) in [6, 6.07) is 53.7. The number of benzene rings is 7. The van der Waals surface area contributed by atoms with E-state index in [0.717, 1.165) is 68.4 Å². The summed E-state index contributed by atoms with van der Waals surface area (Å²) in [6.45, 7) is 1.95. The van der Waals surface area contributed by atoms with Gasteiger partial charge >= 0.3 is 0 Å². The largest absolute Gasteiger partial charge is 0.507 e. The Labute approximate surface area is 319 Å². The first-order valence-corrected chi connectivity index (χ1v) is 19.1. The van der Waals surface area contributed by atoms with E-state index in [4.69, 9.17) is 8.83 Å². The second kappa shape index (κ2) is 13.6. The predicted molar refractivity (Wildman–Crippen MR) is 228 cm³/mol. The zero-order valence-corrected chi connectivity index (χ0v) is 30.5. The molecular formula is C51H39NO3. The van der Waals surface area contributed by atoms with Crippen LogP contribution in [0.25, 0.3) is 66.5 Å². The van der Waals surface area contributed by atoms with Crippen molar-refractivity contribution in [2.75, 3.05) is 4.90 Å². The third-order valence-corrected chi connectivity index (χ3v) is 11.3. The molecule has 9 aromatic rings. The van der Waals surface area contributed by atoms with E-state index in [-0.39, 0.29) is 17.7 Å². The summed E-state index contributed by atoms with van der Waals surface area (Å²) in [5.41, 5.74) is 11.3. The van der Waals surface area contributed by atoms with Crippen LogP contribution in [0.15, 0.2) is 179 Å². The first-order chi connectivity index (χ1) is 27.1. The van der Waals surface area contributed by atoms with Crippen LogP contribution in [-0.2, 0) is 0 Å². The van der Waals surface area contributed by atoms with Crippen LogP contribution >= 0.6 is 0 Å². The van der Waals surface area contributed by atoms with E-state index >= 15 is 0 Å². The van der Waals surface area contributed by atoms with Crippen molar-refractivity contribution in [2.45, 2.75) is 31.7 Å². The Hall–Kier alpha value is -6.78. The van der Waals surface area contributed by atoms with E-state index < -0.39 is 0 Å². The summed E-state index contributed by atoms with van der Waals surface area (Å²) in [5.74, 6) is 0.485. The molecule has 0 radical (unpaired) electrons. The number of nitrogens with zero attached hydrogens (tertiary/aromatic N) is 1. The molecule has 7 aromatic carbocycles. The number of phenolic OH excluding ortho intramolecular Hbond substituents is 1. The molecule has 55 heavy (non-hydrogen) atoms. The second-order valence-electron chi connectivity index (χ2n) is 14.5. The highest BCUT2D eigenvalue weighted by atomic mass is 16.3. The fraction of sp³-hybridized carbons (Fsp3) is 0.0980. The minimum Gasteiger partial charge on any atom is -0.507 e. The molecule has 0 amide bonds. The van der Waals surface area contributed by atoms with Crippen molar-refractivity contribution in [2.24, 2.45) is 0 Å². The Kier molecular flexibility index (Phi) is 8.10. The number of para-hydroxylation sites is 2. The minimum absolute atomic E-state index is 0.0952. The van der Waals surface area contributed by atoms with Crippen LogP contribution in [0.5, 0.6) is 5.75 Å². The SMILES string of the molecule is C/C=C\c1c(O)cc(-c2ccc(N(c3ccccc3)C3CCC(c4ccc5ccc6oc7ccccc7c6c5c4)C=C3c3ccccc3)cc2)c2occc12. The Morgan fingerprint density at radius 3 is 2.22 bits per heavy atom. The maximum absolute atomic E-state index is 11.0. The number of aromatic hydroxyl groups is 1. The maximum Gasteiger partial charge on any atom is 0.142 e. The number of furan rings is 2. The summed E-state index contributed by atoms with van der Waals surface area (Å²) < 4.78 is 12.3. The van der Waals surface area contributed by atoms with Gasteiger partial charge in [0.1, 0.15) is 22.5 Å². The average molecular weight is 714 g/mol. The highest BCUT2D eigenvalue weighted by Gasteiger charge is 2.31. The monoisotopic (exact) mass is 713 g/mol. The Morgan fingerprint density at radius 2 is 1.40 bits per heavy atom. The zero-order chi connectivity index (χ0) is 36.9. The lowest BCUT2D eigenvalue weighted by molar-refractivity contribution is 0.475. The van der Waals surface area contributed by atoms with Crippen LogP contribution < -0.4 is 4.90 Å². The third kappa shape index (κ3) is 5.69. The molecule has 2 heterocycles. The molecule has 0 aliphatic heterocycles. The zero-order valence-electron chi connectivity index (χ0n) is 30.5. The van der Waals surface area contributed by atoms with Crippen LogP contribution in [0.1, 0.15) is 42.4 Å². The Bertz CT molecular complexity index is 2900. The topological polar surface area (TPSA) is 49.8 Å². The van der Waals surface area contributed by atoms with Gasteiger partial charge in [0.05, 0.1) is 12.3 Å². The predicted octanol–water partition coefficient (Wildman–Crippen LogP) is 14.1. The molecule has 1 N–H and O–H groups in total. The van der Waals surface area contributed by atoms with Crippen LogP contribution in [0.4, 0.5) is 11.4 Å². The van der Waals surface area contributed by atoms with E-state index in [9.17, 15) is 5.11 Å². The molecule has 4 nitrogen and oxygen atoms in total. The number of phenols is 1.